The van der Waals surface area contributed by atoms with Gasteiger partial charge in [0.1, 0.15) is 6.29 Å². The Morgan fingerprint density at radius 1 is 1.50 bits per heavy atom. The molecular formula is C9H16O. The highest BCUT2D eigenvalue weighted by Crippen LogP contribution is 2.32. The van der Waals surface area contributed by atoms with E-state index in [1.165, 1.54) is 25.7 Å². The number of aldehydes is 1. The fourth-order valence-corrected chi connectivity index (χ4v) is 1.87. The van der Waals surface area contributed by atoms with Gasteiger partial charge in [0, 0.05) is 6.42 Å². The summed E-state index contributed by atoms with van der Waals surface area (Å²) >= 11 is 0. The van der Waals surface area contributed by atoms with Crippen molar-refractivity contribution < 1.29 is 4.79 Å². The molecule has 1 heteroatoms. The first kappa shape index (κ1) is 7.77. The zero-order valence-electron chi connectivity index (χ0n) is 6.68. The van der Waals surface area contributed by atoms with Crippen molar-refractivity contribution in [2.45, 2.75) is 39.0 Å². The van der Waals surface area contributed by atoms with Gasteiger partial charge in [0.05, 0.1) is 0 Å². The molecule has 0 radical (unpaired) electrons. The Balaban J connectivity index is 2.24. The summed E-state index contributed by atoms with van der Waals surface area (Å²) in [4.78, 5) is 10.2. The van der Waals surface area contributed by atoms with Crippen molar-refractivity contribution in [2.75, 3.05) is 0 Å². The normalized spacial score (nSPS) is 22.9. The molecule has 0 heterocycles. The second-order valence-electron chi connectivity index (χ2n) is 3.42. The summed E-state index contributed by atoms with van der Waals surface area (Å²) in [5, 5.41) is 0. The van der Waals surface area contributed by atoms with E-state index in [9.17, 15) is 4.79 Å². The lowest BCUT2D eigenvalue weighted by molar-refractivity contribution is -0.108. The van der Waals surface area contributed by atoms with Crippen LogP contribution in [-0.4, -0.2) is 6.29 Å². The molecule has 1 atom stereocenters. The van der Waals surface area contributed by atoms with Gasteiger partial charge in [-0.05, 0) is 11.8 Å². The summed E-state index contributed by atoms with van der Waals surface area (Å²) in [6.45, 7) is 2.20. The molecule has 0 aromatic carbocycles. The second kappa shape index (κ2) is 3.75. The largest absolute Gasteiger partial charge is 0.303 e. The van der Waals surface area contributed by atoms with Gasteiger partial charge in [-0.15, -0.1) is 0 Å². The SMILES string of the molecule is CC(CC=O)C1CCCC1. The van der Waals surface area contributed by atoms with Crippen LogP contribution in [-0.2, 0) is 4.79 Å². The van der Waals surface area contributed by atoms with Gasteiger partial charge in [0.2, 0.25) is 0 Å². The third-order valence-electron chi connectivity index (χ3n) is 2.67. The first-order valence-electron chi connectivity index (χ1n) is 4.28. The van der Waals surface area contributed by atoms with Gasteiger partial charge < -0.3 is 4.79 Å². The van der Waals surface area contributed by atoms with Crippen LogP contribution in [0.3, 0.4) is 0 Å². The molecule has 1 unspecified atom stereocenters. The van der Waals surface area contributed by atoms with Gasteiger partial charge in [-0.1, -0.05) is 32.6 Å². The lowest BCUT2D eigenvalue weighted by atomic mass is 9.90. The van der Waals surface area contributed by atoms with Crippen molar-refractivity contribution >= 4 is 6.29 Å². The molecular weight excluding hydrogens is 124 g/mol. The number of hydrogen-bond acceptors (Lipinski definition) is 1. The van der Waals surface area contributed by atoms with Crippen molar-refractivity contribution in [2.24, 2.45) is 11.8 Å². The van der Waals surface area contributed by atoms with E-state index in [-0.39, 0.29) is 0 Å². The summed E-state index contributed by atoms with van der Waals surface area (Å²) in [7, 11) is 0. The molecule has 10 heavy (non-hydrogen) atoms. The number of rotatable bonds is 3. The van der Waals surface area contributed by atoms with Crippen LogP contribution < -0.4 is 0 Å². The fraction of sp³-hybridized carbons (Fsp3) is 0.889. The van der Waals surface area contributed by atoms with Crippen molar-refractivity contribution in [1.82, 2.24) is 0 Å². The van der Waals surface area contributed by atoms with Gasteiger partial charge >= 0.3 is 0 Å². The monoisotopic (exact) mass is 140 g/mol. The maximum atomic E-state index is 10.2. The van der Waals surface area contributed by atoms with Crippen LogP contribution in [0.15, 0.2) is 0 Å². The maximum Gasteiger partial charge on any atom is 0.120 e. The van der Waals surface area contributed by atoms with E-state index < -0.39 is 0 Å². The Kier molecular flexibility index (Phi) is 2.91. The molecule has 1 saturated carbocycles. The molecule has 0 N–H and O–H groups in total. The van der Waals surface area contributed by atoms with Crippen LogP contribution in [0.5, 0.6) is 0 Å². The highest BCUT2D eigenvalue weighted by atomic mass is 16.1. The maximum absolute atomic E-state index is 10.2. The first-order valence-corrected chi connectivity index (χ1v) is 4.28. The van der Waals surface area contributed by atoms with E-state index in [0.717, 1.165) is 18.6 Å². The van der Waals surface area contributed by atoms with E-state index in [4.69, 9.17) is 0 Å². The molecule has 0 aliphatic heterocycles. The van der Waals surface area contributed by atoms with Gasteiger partial charge in [-0.2, -0.15) is 0 Å². The molecule has 1 rings (SSSR count). The van der Waals surface area contributed by atoms with E-state index in [0.29, 0.717) is 5.92 Å². The molecule has 1 aliphatic rings. The summed E-state index contributed by atoms with van der Waals surface area (Å²) < 4.78 is 0. The highest BCUT2D eigenvalue weighted by molar-refractivity contribution is 5.49. The van der Waals surface area contributed by atoms with E-state index >= 15 is 0 Å². The van der Waals surface area contributed by atoms with Crippen molar-refractivity contribution in [3.05, 3.63) is 0 Å². The third-order valence-corrected chi connectivity index (χ3v) is 2.67. The average molecular weight is 140 g/mol. The number of carbonyl (C=O) groups excluding carboxylic acids is 1. The molecule has 0 spiro atoms. The molecule has 0 bridgehead atoms. The Bertz CT molecular complexity index is 103. The van der Waals surface area contributed by atoms with Gasteiger partial charge in [-0.3, -0.25) is 0 Å². The predicted octanol–water partition coefficient (Wildman–Crippen LogP) is 2.40. The lowest BCUT2D eigenvalue weighted by Gasteiger charge is -2.14. The van der Waals surface area contributed by atoms with Crippen molar-refractivity contribution in [1.29, 1.82) is 0 Å². The van der Waals surface area contributed by atoms with Gasteiger partial charge in [-0.25, -0.2) is 0 Å². The first-order chi connectivity index (χ1) is 4.84. The number of hydrogen-bond donors (Lipinski definition) is 0. The van der Waals surface area contributed by atoms with Crippen molar-refractivity contribution in [3.8, 4) is 0 Å². The second-order valence-corrected chi connectivity index (χ2v) is 3.42. The Morgan fingerprint density at radius 2 is 2.10 bits per heavy atom. The van der Waals surface area contributed by atoms with Gasteiger partial charge in [0.15, 0.2) is 0 Å². The van der Waals surface area contributed by atoms with Crippen LogP contribution in [0, 0.1) is 11.8 Å². The van der Waals surface area contributed by atoms with Crippen LogP contribution in [0.1, 0.15) is 39.0 Å². The summed E-state index contributed by atoms with van der Waals surface area (Å²) in [6, 6.07) is 0. The molecule has 1 aliphatic carbocycles. The summed E-state index contributed by atoms with van der Waals surface area (Å²) in [6.07, 6.45) is 7.30. The minimum Gasteiger partial charge on any atom is -0.303 e. The predicted molar refractivity (Wildman–Crippen MR) is 41.8 cm³/mol. The highest BCUT2D eigenvalue weighted by Gasteiger charge is 2.20. The van der Waals surface area contributed by atoms with Crippen LogP contribution in [0.2, 0.25) is 0 Å². The van der Waals surface area contributed by atoms with E-state index in [1.807, 2.05) is 0 Å². The van der Waals surface area contributed by atoms with Gasteiger partial charge in [0.25, 0.3) is 0 Å². The molecule has 0 aromatic heterocycles. The number of carbonyl (C=O) groups is 1. The van der Waals surface area contributed by atoms with Crippen LogP contribution in [0.4, 0.5) is 0 Å². The Hall–Kier alpha value is -0.330. The molecule has 0 saturated heterocycles. The van der Waals surface area contributed by atoms with E-state index in [2.05, 4.69) is 6.92 Å². The lowest BCUT2D eigenvalue weighted by Crippen LogP contribution is -2.07. The topological polar surface area (TPSA) is 17.1 Å². The standard InChI is InChI=1S/C9H16O/c1-8(6-7-10)9-4-2-3-5-9/h7-9H,2-6H2,1H3. The van der Waals surface area contributed by atoms with E-state index in [1.54, 1.807) is 0 Å². The van der Waals surface area contributed by atoms with Crippen LogP contribution in [0.25, 0.3) is 0 Å². The Morgan fingerprint density at radius 3 is 2.60 bits per heavy atom. The quantitative estimate of drug-likeness (QED) is 0.550. The molecule has 1 nitrogen and oxygen atoms in total. The van der Waals surface area contributed by atoms with Crippen LogP contribution >= 0.6 is 0 Å². The minimum atomic E-state index is 0.639. The molecule has 0 aromatic rings. The fourth-order valence-electron chi connectivity index (χ4n) is 1.87. The zero-order chi connectivity index (χ0) is 7.40. The molecule has 0 amide bonds. The molecule has 1 fully saturated rings. The minimum absolute atomic E-state index is 0.639. The zero-order valence-corrected chi connectivity index (χ0v) is 6.68. The molecule has 58 valence electrons. The average Bonchev–Trinajstić information content (AvgIpc) is 2.38. The summed E-state index contributed by atoms with van der Waals surface area (Å²) in [5.41, 5.74) is 0. The summed E-state index contributed by atoms with van der Waals surface area (Å²) in [5.74, 6) is 1.49. The smallest absolute Gasteiger partial charge is 0.120 e. The Labute approximate surface area is 62.8 Å². The third kappa shape index (κ3) is 1.83. The van der Waals surface area contributed by atoms with Crippen molar-refractivity contribution in [3.63, 3.8) is 0 Å².